The zero-order valence-corrected chi connectivity index (χ0v) is 20.5. The van der Waals surface area contributed by atoms with Gasteiger partial charge in [0.25, 0.3) is 0 Å². The highest BCUT2D eigenvalue weighted by Gasteiger charge is 2.04. The molecule has 0 heterocycles. The van der Waals surface area contributed by atoms with Gasteiger partial charge in [0.15, 0.2) is 0 Å². The van der Waals surface area contributed by atoms with Gasteiger partial charge in [0.05, 0.1) is 19.8 Å². The number of benzene rings is 1. The van der Waals surface area contributed by atoms with Crippen LogP contribution in [-0.2, 0) is 6.61 Å². The molecule has 1 rings (SSSR count). The molecule has 182 valence electrons. The number of ether oxygens (including phenoxy) is 2. The third-order valence-electron chi connectivity index (χ3n) is 5.77. The van der Waals surface area contributed by atoms with Crippen molar-refractivity contribution in [3.05, 3.63) is 49.1 Å². The van der Waals surface area contributed by atoms with Crippen LogP contribution in [-0.4, -0.2) is 18.3 Å². The fourth-order valence-corrected chi connectivity index (χ4v) is 3.82. The van der Waals surface area contributed by atoms with Crippen molar-refractivity contribution in [3.8, 4) is 11.5 Å². The number of rotatable bonds is 23. The Morgan fingerprint density at radius 1 is 0.562 bits per heavy atom. The zero-order chi connectivity index (χ0) is 23.1. The summed E-state index contributed by atoms with van der Waals surface area (Å²) in [5.74, 6) is 1.60. The van der Waals surface area contributed by atoms with E-state index >= 15 is 0 Å². The molecule has 0 spiro atoms. The van der Waals surface area contributed by atoms with Crippen LogP contribution in [0.15, 0.2) is 43.5 Å². The number of aliphatic hydroxyl groups excluding tert-OH is 1. The van der Waals surface area contributed by atoms with Gasteiger partial charge >= 0.3 is 0 Å². The molecule has 0 aliphatic carbocycles. The van der Waals surface area contributed by atoms with E-state index in [0.717, 1.165) is 56.0 Å². The highest BCUT2D eigenvalue weighted by molar-refractivity contribution is 5.38. The molecule has 0 unspecified atom stereocenters. The largest absolute Gasteiger partial charge is 0.493 e. The molecule has 0 fully saturated rings. The maximum Gasteiger partial charge on any atom is 0.123 e. The van der Waals surface area contributed by atoms with Gasteiger partial charge in [-0.05, 0) is 56.2 Å². The third kappa shape index (κ3) is 16.0. The highest BCUT2D eigenvalue weighted by atomic mass is 16.5. The number of aliphatic hydroxyl groups is 1. The van der Waals surface area contributed by atoms with Crippen LogP contribution < -0.4 is 9.47 Å². The second kappa shape index (κ2) is 21.1. The van der Waals surface area contributed by atoms with Crippen molar-refractivity contribution in [1.82, 2.24) is 0 Å². The average molecular weight is 445 g/mol. The van der Waals surface area contributed by atoms with Gasteiger partial charge in [-0.1, -0.05) is 76.4 Å². The van der Waals surface area contributed by atoms with Gasteiger partial charge in [0.2, 0.25) is 0 Å². The van der Waals surface area contributed by atoms with Crippen LogP contribution in [0.5, 0.6) is 11.5 Å². The summed E-state index contributed by atoms with van der Waals surface area (Å²) < 4.78 is 11.9. The summed E-state index contributed by atoms with van der Waals surface area (Å²) in [6.45, 7) is 8.98. The molecule has 0 aromatic heterocycles. The van der Waals surface area contributed by atoms with Crippen LogP contribution >= 0.6 is 0 Å². The normalized spacial score (nSPS) is 10.8. The molecular formula is C29H48O3. The van der Waals surface area contributed by atoms with Crippen molar-refractivity contribution in [2.24, 2.45) is 0 Å². The summed E-state index contributed by atoms with van der Waals surface area (Å²) in [6, 6.07) is 5.79. The Labute approximate surface area is 197 Å². The Morgan fingerprint density at radius 2 is 0.938 bits per heavy atom. The zero-order valence-electron chi connectivity index (χ0n) is 20.5. The van der Waals surface area contributed by atoms with Gasteiger partial charge in [-0.2, -0.15) is 0 Å². The number of hydrogen-bond donors (Lipinski definition) is 1. The molecule has 0 saturated heterocycles. The molecule has 3 heteroatoms. The molecule has 0 bridgehead atoms. The van der Waals surface area contributed by atoms with E-state index in [0.29, 0.717) is 0 Å². The molecule has 1 aromatic carbocycles. The van der Waals surface area contributed by atoms with E-state index in [2.05, 4.69) is 13.2 Å². The molecule has 1 aromatic rings. The summed E-state index contributed by atoms with van der Waals surface area (Å²) in [5, 5.41) is 9.56. The molecule has 0 amide bonds. The van der Waals surface area contributed by atoms with Gasteiger partial charge in [-0.3, -0.25) is 0 Å². The number of unbranched alkanes of at least 4 members (excludes halogenated alkanes) is 14. The Kier molecular flexibility index (Phi) is 18.7. The van der Waals surface area contributed by atoms with E-state index in [4.69, 9.17) is 9.47 Å². The Hall–Kier alpha value is -1.74. The van der Waals surface area contributed by atoms with Gasteiger partial charge in [-0.25, -0.2) is 0 Å². The Balaban J connectivity index is 2.14. The van der Waals surface area contributed by atoms with Gasteiger partial charge in [-0.15, -0.1) is 13.2 Å². The van der Waals surface area contributed by atoms with Crippen molar-refractivity contribution >= 4 is 0 Å². The smallest absolute Gasteiger partial charge is 0.123 e. The lowest BCUT2D eigenvalue weighted by Crippen LogP contribution is -2.01. The molecular weight excluding hydrogens is 396 g/mol. The van der Waals surface area contributed by atoms with Crippen LogP contribution in [0.3, 0.4) is 0 Å². The van der Waals surface area contributed by atoms with Crippen LogP contribution in [0, 0.1) is 0 Å². The first-order valence-electron chi connectivity index (χ1n) is 13.0. The minimum Gasteiger partial charge on any atom is -0.493 e. The van der Waals surface area contributed by atoms with Crippen molar-refractivity contribution in [3.63, 3.8) is 0 Å². The first-order valence-corrected chi connectivity index (χ1v) is 13.0. The molecule has 3 nitrogen and oxygen atoms in total. The predicted molar refractivity (Wildman–Crippen MR) is 138 cm³/mol. The van der Waals surface area contributed by atoms with Crippen molar-refractivity contribution in [2.45, 2.75) is 109 Å². The maximum atomic E-state index is 9.56. The summed E-state index contributed by atoms with van der Waals surface area (Å²) >= 11 is 0. The molecule has 0 atom stereocenters. The summed E-state index contributed by atoms with van der Waals surface area (Å²) in [5.41, 5.74) is 0.844. The van der Waals surface area contributed by atoms with E-state index in [9.17, 15) is 5.11 Å². The quantitative estimate of drug-likeness (QED) is 0.136. The van der Waals surface area contributed by atoms with Gasteiger partial charge in [0, 0.05) is 6.07 Å². The second-order valence-electron chi connectivity index (χ2n) is 8.77. The van der Waals surface area contributed by atoms with Crippen LogP contribution in [0.2, 0.25) is 0 Å². The molecule has 1 N–H and O–H groups in total. The Bertz CT molecular complexity index is 536. The standard InChI is InChI=1S/C29H48O3/c1-3-5-7-9-11-13-15-17-19-21-31-28-23-27(26-30)24-29(25-28)32-22-20-18-16-14-12-10-8-6-4-2/h3-4,23-25,30H,1-2,5-22,26H2. The maximum absolute atomic E-state index is 9.56. The number of allylic oxidation sites excluding steroid dienone is 2. The third-order valence-corrected chi connectivity index (χ3v) is 5.77. The topological polar surface area (TPSA) is 38.7 Å². The second-order valence-corrected chi connectivity index (χ2v) is 8.77. The lowest BCUT2D eigenvalue weighted by molar-refractivity contribution is 0.271. The van der Waals surface area contributed by atoms with E-state index < -0.39 is 0 Å². The van der Waals surface area contributed by atoms with Crippen molar-refractivity contribution in [2.75, 3.05) is 13.2 Å². The number of hydrogen-bond acceptors (Lipinski definition) is 3. The Morgan fingerprint density at radius 3 is 1.31 bits per heavy atom. The van der Waals surface area contributed by atoms with Gasteiger partial charge in [0.1, 0.15) is 11.5 Å². The van der Waals surface area contributed by atoms with E-state index in [1.165, 1.54) is 77.0 Å². The lowest BCUT2D eigenvalue weighted by Gasteiger charge is -2.12. The molecule has 0 aliphatic rings. The van der Waals surface area contributed by atoms with Crippen molar-refractivity contribution in [1.29, 1.82) is 0 Å². The highest BCUT2D eigenvalue weighted by Crippen LogP contribution is 2.24. The van der Waals surface area contributed by atoms with Crippen LogP contribution in [0.25, 0.3) is 0 Å². The molecule has 0 saturated carbocycles. The van der Waals surface area contributed by atoms with Gasteiger partial charge < -0.3 is 14.6 Å². The summed E-state index contributed by atoms with van der Waals surface area (Å²) in [7, 11) is 0. The van der Waals surface area contributed by atoms with E-state index in [1.54, 1.807) is 0 Å². The fourth-order valence-electron chi connectivity index (χ4n) is 3.82. The van der Waals surface area contributed by atoms with Crippen LogP contribution in [0.1, 0.15) is 108 Å². The molecule has 0 radical (unpaired) electrons. The fraction of sp³-hybridized carbons (Fsp3) is 0.655. The lowest BCUT2D eigenvalue weighted by atomic mass is 10.1. The first kappa shape index (κ1) is 28.3. The minimum absolute atomic E-state index is 0.00523. The average Bonchev–Trinajstić information content (AvgIpc) is 2.81. The summed E-state index contributed by atoms with van der Waals surface area (Å²) in [4.78, 5) is 0. The molecule has 32 heavy (non-hydrogen) atoms. The minimum atomic E-state index is 0.00523. The van der Waals surface area contributed by atoms with Crippen molar-refractivity contribution < 1.29 is 14.6 Å². The first-order chi connectivity index (χ1) is 15.8. The van der Waals surface area contributed by atoms with E-state index in [1.807, 2.05) is 30.4 Å². The SMILES string of the molecule is C=CCCCCCCCCCOc1cc(CO)cc(OCCCCCCCCCC=C)c1. The molecule has 0 aliphatic heterocycles. The predicted octanol–water partition coefficient (Wildman–Crippen LogP) is 8.55. The monoisotopic (exact) mass is 444 g/mol. The van der Waals surface area contributed by atoms with Crippen LogP contribution in [0.4, 0.5) is 0 Å². The van der Waals surface area contributed by atoms with E-state index in [-0.39, 0.29) is 6.61 Å². The summed E-state index contributed by atoms with van der Waals surface area (Å²) in [6.07, 6.45) is 23.8.